The Morgan fingerprint density at radius 2 is 2.14 bits per heavy atom. The van der Waals surface area contributed by atoms with E-state index in [4.69, 9.17) is 15.5 Å². The largest absolute Gasteiger partial charge is 0.445 e. The highest BCUT2D eigenvalue weighted by atomic mass is 127. The van der Waals surface area contributed by atoms with Gasteiger partial charge in [0.05, 0.1) is 6.20 Å². The van der Waals surface area contributed by atoms with Gasteiger partial charge in [-0.15, -0.1) is 0 Å². The third kappa shape index (κ3) is 3.82. The summed E-state index contributed by atoms with van der Waals surface area (Å²) in [7, 11) is 0. The zero-order chi connectivity index (χ0) is 19.7. The van der Waals surface area contributed by atoms with Crippen LogP contribution in [0.15, 0.2) is 41.1 Å². The molecule has 0 saturated carbocycles. The standard InChI is InChI=1S/C19H19BrIN5O2/c20-14-9-23-17(22)15-16(21)24-18(26(14)15)13-7-4-8-25(10-13)19(27)28-11-12-5-2-1-3-6-12/h1-3,5-6,9,13H,4,7-8,10-11H2,(H2,22,23)/t13-/m1/s1. The Morgan fingerprint density at radius 3 is 2.93 bits per heavy atom. The number of likely N-dealkylation sites (tertiary alicyclic amines) is 1. The van der Waals surface area contributed by atoms with Crippen molar-refractivity contribution in [3.8, 4) is 0 Å². The summed E-state index contributed by atoms with van der Waals surface area (Å²) in [5.41, 5.74) is 7.83. The molecule has 7 nitrogen and oxygen atoms in total. The molecule has 0 radical (unpaired) electrons. The van der Waals surface area contributed by atoms with Gasteiger partial charge in [0.2, 0.25) is 0 Å². The molecule has 0 unspecified atom stereocenters. The van der Waals surface area contributed by atoms with Gasteiger partial charge in [0.25, 0.3) is 0 Å². The number of rotatable bonds is 3. The maximum Gasteiger partial charge on any atom is 0.410 e. The van der Waals surface area contributed by atoms with Gasteiger partial charge in [-0.2, -0.15) is 0 Å². The van der Waals surface area contributed by atoms with Gasteiger partial charge in [-0.25, -0.2) is 14.8 Å². The normalized spacial score (nSPS) is 17.1. The quantitative estimate of drug-likeness (QED) is 0.490. The smallest absolute Gasteiger partial charge is 0.410 e. The van der Waals surface area contributed by atoms with Crippen molar-refractivity contribution in [2.45, 2.75) is 25.4 Å². The van der Waals surface area contributed by atoms with Gasteiger partial charge >= 0.3 is 6.09 Å². The molecule has 2 aromatic heterocycles. The van der Waals surface area contributed by atoms with Crippen molar-refractivity contribution in [1.29, 1.82) is 0 Å². The fourth-order valence-corrected chi connectivity index (χ4v) is 4.75. The zero-order valence-electron chi connectivity index (χ0n) is 15.0. The summed E-state index contributed by atoms with van der Waals surface area (Å²) >= 11 is 5.73. The van der Waals surface area contributed by atoms with Crippen LogP contribution in [0.4, 0.5) is 10.6 Å². The van der Waals surface area contributed by atoms with E-state index in [9.17, 15) is 4.79 Å². The number of nitrogen functional groups attached to an aromatic ring is 1. The Labute approximate surface area is 184 Å². The first kappa shape index (κ1) is 19.4. The van der Waals surface area contributed by atoms with E-state index in [0.29, 0.717) is 18.9 Å². The number of halogens is 2. The van der Waals surface area contributed by atoms with Gasteiger partial charge in [-0.05, 0) is 56.9 Å². The van der Waals surface area contributed by atoms with E-state index in [1.165, 1.54) is 0 Å². The lowest BCUT2D eigenvalue weighted by Crippen LogP contribution is -2.39. The van der Waals surface area contributed by atoms with E-state index < -0.39 is 0 Å². The number of nitrogens with zero attached hydrogens (tertiary/aromatic N) is 4. The van der Waals surface area contributed by atoms with E-state index in [-0.39, 0.29) is 18.6 Å². The maximum absolute atomic E-state index is 12.6. The van der Waals surface area contributed by atoms with Gasteiger partial charge in [0.15, 0.2) is 5.82 Å². The van der Waals surface area contributed by atoms with Crippen molar-refractivity contribution in [2.24, 2.45) is 0 Å². The van der Waals surface area contributed by atoms with Crippen LogP contribution in [0.1, 0.15) is 30.1 Å². The van der Waals surface area contributed by atoms with Gasteiger partial charge in [0.1, 0.15) is 26.3 Å². The molecule has 28 heavy (non-hydrogen) atoms. The summed E-state index contributed by atoms with van der Waals surface area (Å²) in [6.45, 7) is 1.53. The van der Waals surface area contributed by atoms with E-state index >= 15 is 0 Å². The Balaban J connectivity index is 1.52. The summed E-state index contributed by atoms with van der Waals surface area (Å²) in [5.74, 6) is 1.44. The third-order valence-corrected chi connectivity index (χ3v) is 6.19. The molecule has 0 bridgehead atoms. The summed E-state index contributed by atoms with van der Waals surface area (Å²) < 4.78 is 9.11. The SMILES string of the molecule is Nc1ncc(Br)n2c([C@@H]3CCCN(C(=O)OCc4ccccc4)C3)nc(I)c12. The summed E-state index contributed by atoms with van der Waals surface area (Å²) in [5, 5.41) is 0. The lowest BCUT2D eigenvalue weighted by atomic mass is 9.97. The van der Waals surface area contributed by atoms with Crippen molar-refractivity contribution >= 4 is 55.9 Å². The minimum Gasteiger partial charge on any atom is -0.445 e. The third-order valence-electron chi connectivity index (χ3n) is 4.88. The van der Waals surface area contributed by atoms with Gasteiger partial charge in [0, 0.05) is 19.0 Å². The number of hydrogen-bond donors (Lipinski definition) is 1. The molecule has 1 aliphatic heterocycles. The minimum absolute atomic E-state index is 0.104. The van der Waals surface area contributed by atoms with Crippen LogP contribution in [0, 0.1) is 3.70 Å². The van der Waals surface area contributed by atoms with E-state index in [2.05, 4.69) is 43.5 Å². The predicted octanol–water partition coefficient (Wildman–Crippen LogP) is 4.19. The van der Waals surface area contributed by atoms with Crippen molar-refractivity contribution < 1.29 is 9.53 Å². The molecule has 0 spiro atoms. The van der Waals surface area contributed by atoms with E-state index in [0.717, 1.165) is 38.1 Å². The number of fused-ring (bicyclic) bond motifs is 1. The predicted molar refractivity (Wildman–Crippen MR) is 118 cm³/mol. The fourth-order valence-electron chi connectivity index (χ4n) is 3.53. The van der Waals surface area contributed by atoms with Crippen LogP contribution in [0.3, 0.4) is 0 Å². The molecule has 9 heteroatoms. The topological polar surface area (TPSA) is 85.8 Å². The molecule has 1 amide bonds. The number of benzene rings is 1. The number of imidazole rings is 1. The molecule has 4 rings (SSSR count). The Morgan fingerprint density at radius 1 is 1.36 bits per heavy atom. The number of anilines is 1. The number of piperidine rings is 1. The Kier molecular flexibility index (Phi) is 5.72. The van der Waals surface area contributed by atoms with Crippen LogP contribution < -0.4 is 5.73 Å². The molecule has 3 aromatic rings. The average molecular weight is 556 g/mol. The van der Waals surface area contributed by atoms with Crippen LogP contribution in [0.2, 0.25) is 0 Å². The number of hydrogen-bond acceptors (Lipinski definition) is 5. The van der Waals surface area contributed by atoms with Crippen molar-refractivity contribution in [1.82, 2.24) is 19.3 Å². The number of carbonyl (C=O) groups excluding carboxylic acids is 1. The van der Waals surface area contributed by atoms with Crippen LogP contribution in [-0.4, -0.2) is 38.5 Å². The molecule has 2 N–H and O–H groups in total. The Bertz CT molecular complexity index is 1010. The average Bonchev–Trinajstić information content (AvgIpc) is 3.08. The van der Waals surface area contributed by atoms with Crippen LogP contribution in [0.25, 0.3) is 5.52 Å². The molecule has 1 fully saturated rings. The van der Waals surface area contributed by atoms with Crippen molar-refractivity contribution in [2.75, 3.05) is 18.8 Å². The molecule has 1 saturated heterocycles. The lowest BCUT2D eigenvalue weighted by molar-refractivity contribution is 0.0852. The molecular weight excluding hydrogens is 537 g/mol. The first-order valence-corrected chi connectivity index (χ1v) is 10.8. The number of aromatic nitrogens is 3. The number of ether oxygens (including phenoxy) is 1. The first-order chi connectivity index (χ1) is 13.5. The van der Waals surface area contributed by atoms with Crippen LogP contribution in [-0.2, 0) is 11.3 Å². The molecule has 3 heterocycles. The minimum atomic E-state index is -0.288. The van der Waals surface area contributed by atoms with Gasteiger partial charge < -0.3 is 15.4 Å². The monoisotopic (exact) mass is 555 g/mol. The highest BCUT2D eigenvalue weighted by Gasteiger charge is 2.30. The lowest BCUT2D eigenvalue weighted by Gasteiger charge is -2.31. The molecule has 1 aliphatic rings. The number of amides is 1. The number of nitrogens with two attached hydrogens (primary N) is 1. The zero-order valence-corrected chi connectivity index (χ0v) is 18.8. The van der Waals surface area contributed by atoms with Crippen LogP contribution >= 0.6 is 38.5 Å². The fraction of sp³-hybridized carbons (Fsp3) is 0.316. The highest BCUT2D eigenvalue weighted by molar-refractivity contribution is 14.1. The number of carbonyl (C=O) groups is 1. The molecule has 1 atom stereocenters. The van der Waals surface area contributed by atoms with Gasteiger partial charge in [-0.3, -0.25) is 4.40 Å². The van der Waals surface area contributed by atoms with E-state index in [1.54, 1.807) is 11.1 Å². The second kappa shape index (κ2) is 8.24. The Hall–Kier alpha value is -1.88. The highest BCUT2D eigenvalue weighted by Crippen LogP contribution is 2.32. The van der Waals surface area contributed by atoms with Crippen LogP contribution in [0.5, 0.6) is 0 Å². The van der Waals surface area contributed by atoms with Gasteiger partial charge in [-0.1, -0.05) is 30.3 Å². The van der Waals surface area contributed by atoms with Crippen molar-refractivity contribution in [3.05, 3.63) is 56.2 Å². The second-order valence-electron chi connectivity index (χ2n) is 6.74. The summed E-state index contributed by atoms with van der Waals surface area (Å²) in [4.78, 5) is 23.3. The molecular formula is C19H19BrIN5O2. The van der Waals surface area contributed by atoms with E-state index in [1.807, 2.05) is 34.7 Å². The first-order valence-electron chi connectivity index (χ1n) is 8.98. The summed E-state index contributed by atoms with van der Waals surface area (Å²) in [6, 6.07) is 9.70. The maximum atomic E-state index is 12.6. The molecule has 146 valence electrons. The molecule has 1 aromatic carbocycles. The molecule has 0 aliphatic carbocycles. The summed E-state index contributed by atoms with van der Waals surface area (Å²) in [6.07, 6.45) is 3.24. The second-order valence-corrected chi connectivity index (χ2v) is 8.57. The van der Waals surface area contributed by atoms with Crippen molar-refractivity contribution in [3.63, 3.8) is 0 Å².